The van der Waals surface area contributed by atoms with Crippen LogP contribution in [-0.4, -0.2) is 18.0 Å². The van der Waals surface area contributed by atoms with Gasteiger partial charge in [0.15, 0.2) is 12.4 Å². The topological polar surface area (TPSA) is 7.12 Å². The van der Waals surface area contributed by atoms with Crippen molar-refractivity contribution in [2.24, 2.45) is 0 Å². The molecule has 0 aliphatic carbocycles. The van der Waals surface area contributed by atoms with E-state index in [9.17, 15) is 0 Å². The number of aromatic nitrogens is 1. The molecule has 0 unspecified atom stereocenters. The Morgan fingerprint density at radius 1 is 0.568 bits per heavy atom. The summed E-state index contributed by atoms with van der Waals surface area (Å²) < 4.78 is 2.44. The first-order valence-electron chi connectivity index (χ1n) is 16.5. The highest BCUT2D eigenvalue weighted by Crippen LogP contribution is 2.18. The van der Waals surface area contributed by atoms with E-state index >= 15 is 0 Å². The van der Waals surface area contributed by atoms with Crippen molar-refractivity contribution in [3.63, 3.8) is 0 Å². The molecule has 2 aliphatic rings. The SMILES string of the molecule is C1=CC2=CN(C1)CCCCCCCCCCCCCc1ccc[n+](c1)CCCCCCCCCCCC2. The summed E-state index contributed by atoms with van der Waals surface area (Å²) in [5, 5.41) is 0. The molecular weight excluding hydrogens is 448 g/mol. The number of fused-ring (bicyclic) bond motifs is 3. The molecule has 37 heavy (non-hydrogen) atoms. The summed E-state index contributed by atoms with van der Waals surface area (Å²) >= 11 is 0. The minimum Gasteiger partial charge on any atom is -0.373 e. The van der Waals surface area contributed by atoms with Gasteiger partial charge in [0.1, 0.15) is 6.54 Å². The Morgan fingerprint density at radius 3 is 1.76 bits per heavy atom. The van der Waals surface area contributed by atoms with Crippen LogP contribution in [0.1, 0.15) is 147 Å². The summed E-state index contributed by atoms with van der Waals surface area (Å²) in [4.78, 5) is 2.56. The summed E-state index contributed by atoms with van der Waals surface area (Å²) in [5.41, 5.74) is 3.09. The van der Waals surface area contributed by atoms with Gasteiger partial charge in [-0.3, -0.25) is 0 Å². The number of allylic oxidation sites excluding steroid dienone is 2. The second kappa shape index (κ2) is 20.4. The van der Waals surface area contributed by atoms with Gasteiger partial charge in [-0.1, -0.05) is 115 Å². The Bertz CT molecular complexity index is 749. The molecule has 4 bridgehead atoms. The van der Waals surface area contributed by atoms with Crippen molar-refractivity contribution in [3.05, 3.63) is 54.0 Å². The number of hydrogen-bond acceptors (Lipinski definition) is 1. The number of pyridine rings is 1. The maximum atomic E-state index is 2.56. The molecule has 208 valence electrons. The first-order chi connectivity index (χ1) is 18.4. The van der Waals surface area contributed by atoms with Crippen LogP contribution in [0.2, 0.25) is 0 Å². The van der Waals surface area contributed by atoms with Gasteiger partial charge in [-0.15, -0.1) is 0 Å². The predicted octanol–water partition coefficient (Wildman–Crippen LogP) is 9.87. The van der Waals surface area contributed by atoms with Crippen molar-refractivity contribution in [2.45, 2.75) is 154 Å². The smallest absolute Gasteiger partial charge is 0.171 e. The van der Waals surface area contributed by atoms with Crippen molar-refractivity contribution in [1.29, 1.82) is 0 Å². The number of nitrogens with zero attached hydrogens (tertiary/aromatic N) is 2. The van der Waals surface area contributed by atoms with Gasteiger partial charge in [-0.2, -0.15) is 0 Å². The van der Waals surface area contributed by atoms with Gasteiger partial charge in [0.05, 0.1) is 0 Å². The second-order valence-electron chi connectivity index (χ2n) is 12.0. The van der Waals surface area contributed by atoms with Crippen molar-refractivity contribution >= 4 is 0 Å². The molecule has 2 heteroatoms. The van der Waals surface area contributed by atoms with Crippen LogP contribution >= 0.6 is 0 Å². The standard InChI is InChI=1S/C35H59N2/c1-2-6-10-14-18-24-34-26-22-31-37(32-34)29-21-17-13-9-5-3-7-11-15-19-25-35-27-23-30-36(33-35)28-20-16-12-8-4-1/h22-23,26-27,31-33H,1-21,24-25,28-30H2/q+1. The third kappa shape index (κ3) is 14.8. The predicted molar refractivity (Wildman–Crippen MR) is 161 cm³/mol. The minimum absolute atomic E-state index is 1.12. The molecule has 0 fully saturated rings. The van der Waals surface area contributed by atoms with Gasteiger partial charge in [-0.05, 0) is 50.2 Å². The van der Waals surface area contributed by atoms with E-state index in [0.717, 1.165) is 6.54 Å². The second-order valence-corrected chi connectivity index (χ2v) is 12.0. The molecule has 0 spiro atoms. The highest BCUT2D eigenvalue weighted by Gasteiger charge is 2.06. The van der Waals surface area contributed by atoms with Crippen LogP contribution in [-0.2, 0) is 13.0 Å². The van der Waals surface area contributed by atoms with E-state index < -0.39 is 0 Å². The van der Waals surface area contributed by atoms with Gasteiger partial charge in [0.2, 0.25) is 0 Å². The van der Waals surface area contributed by atoms with E-state index in [1.54, 1.807) is 5.57 Å². The third-order valence-corrected chi connectivity index (χ3v) is 8.48. The lowest BCUT2D eigenvalue weighted by Gasteiger charge is -2.23. The van der Waals surface area contributed by atoms with Gasteiger partial charge in [0, 0.05) is 37.3 Å². The lowest BCUT2D eigenvalue weighted by atomic mass is 10.0. The fourth-order valence-electron chi connectivity index (χ4n) is 6.11. The van der Waals surface area contributed by atoms with Crippen LogP contribution < -0.4 is 4.57 Å². The Hall–Kier alpha value is -1.57. The first kappa shape index (κ1) is 30.0. The van der Waals surface area contributed by atoms with E-state index in [1.807, 2.05) is 0 Å². The van der Waals surface area contributed by atoms with Crippen molar-refractivity contribution < 1.29 is 4.57 Å². The summed E-state index contributed by atoms with van der Waals surface area (Å²) in [6, 6.07) is 4.59. The fraction of sp³-hybridized carbons (Fsp3) is 0.743. The molecule has 2 nitrogen and oxygen atoms in total. The van der Waals surface area contributed by atoms with E-state index in [4.69, 9.17) is 0 Å². The van der Waals surface area contributed by atoms with E-state index in [-0.39, 0.29) is 0 Å². The monoisotopic (exact) mass is 507 g/mol. The quantitative estimate of drug-likeness (QED) is 0.317. The van der Waals surface area contributed by atoms with Crippen LogP contribution in [0.5, 0.6) is 0 Å². The first-order valence-corrected chi connectivity index (χ1v) is 16.5. The number of aryl methyl sites for hydroxylation is 2. The molecule has 0 saturated heterocycles. The largest absolute Gasteiger partial charge is 0.373 e. The van der Waals surface area contributed by atoms with Gasteiger partial charge in [0.25, 0.3) is 0 Å². The van der Waals surface area contributed by atoms with E-state index in [1.165, 1.54) is 166 Å². The van der Waals surface area contributed by atoms with Crippen molar-refractivity contribution in [3.8, 4) is 0 Å². The molecule has 3 rings (SSSR count). The molecular formula is C35H59N2+. The van der Waals surface area contributed by atoms with Crippen LogP contribution in [0, 0.1) is 0 Å². The highest BCUT2D eigenvalue weighted by atomic mass is 15.1. The average Bonchev–Trinajstić information content (AvgIpc) is 2.92. The third-order valence-electron chi connectivity index (χ3n) is 8.48. The lowest BCUT2D eigenvalue weighted by Crippen LogP contribution is -2.33. The van der Waals surface area contributed by atoms with Crippen molar-refractivity contribution in [2.75, 3.05) is 13.1 Å². The maximum Gasteiger partial charge on any atom is 0.171 e. The zero-order valence-corrected chi connectivity index (χ0v) is 24.3. The molecule has 0 aromatic carbocycles. The normalized spacial score (nSPS) is 21.9. The molecule has 0 saturated carbocycles. The Kier molecular flexibility index (Phi) is 16.5. The molecule has 1 aromatic rings. The van der Waals surface area contributed by atoms with Gasteiger partial charge < -0.3 is 4.90 Å². The van der Waals surface area contributed by atoms with Crippen LogP contribution in [0.15, 0.2) is 48.5 Å². The molecule has 0 amide bonds. The minimum atomic E-state index is 1.12. The maximum absolute atomic E-state index is 2.56. The number of rotatable bonds is 0. The molecule has 0 radical (unpaired) electrons. The molecule has 2 aliphatic heterocycles. The molecule has 0 N–H and O–H groups in total. The van der Waals surface area contributed by atoms with E-state index in [2.05, 4.69) is 52.3 Å². The van der Waals surface area contributed by atoms with E-state index in [0.29, 0.717) is 0 Å². The molecule has 1 aromatic heterocycles. The summed E-state index contributed by atoms with van der Waals surface area (Å²) in [7, 11) is 0. The van der Waals surface area contributed by atoms with Gasteiger partial charge >= 0.3 is 0 Å². The van der Waals surface area contributed by atoms with Gasteiger partial charge in [-0.25, -0.2) is 4.57 Å². The Balaban J connectivity index is 1.34. The lowest BCUT2D eigenvalue weighted by molar-refractivity contribution is -0.697. The molecule has 0 atom stereocenters. The fourth-order valence-corrected chi connectivity index (χ4v) is 6.11. The summed E-state index contributed by atoms with van der Waals surface area (Å²) in [6.07, 6.45) is 44.1. The highest BCUT2D eigenvalue weighted by molar-refractivity contribution is 5.22. The van der Waals surface area contributed by atoms with Crippen LogP contribution in [0.3, 0.4) is 0 Å². The van der Waals surface area contributed by atoms with Crippen molar-refractivity contribution in [1.82, 2.24) is 4.90 Å². The summed E-state index contributed by atoms with van der Waals surface area (Å²) in [5.74, 6) is 0. The molecule has 3 heterocycles. The van der Waals surface area contributed by atoms with Crippen LogP contribution in [0.4, 0.5) is 0 Å². The zero-order chi connectivity index (χ0) is 25.6. The summed E-state index contributed by atoms with van der Waals surface area (Å²) in [6.45, 7) is 3.56. The number of hydrogen-bond donors (Lipinski definition) is 0. The Morgan fingerprint density at radius 2 is 1.11 bits per heavy atom. The van der Waals surface area contributed by atoms with Crippen LogP contribution in [0.25, 0.3) is 0 Å². The zero-order valence-electron chi connectivity index (χ0n) is 24.3. The average molecular weight is 508 g/mol. The Labute approximate surface area is 230 Å².